The maximum Gasteiger partial charge on any atom is 0.220 e. The van der Waals surface area contributed by atoms with Crippen LogP contribution in [0.25, 0.3) is 0 Å². The third kappa shape index (κ3) is 4.62. The molecule has 3 nitrogen and oxygen atoms in total. The highest BCUT2D eigenvalue weighted by atomic mass is 35.6. The molecule has 7 heteroatoms. The van der Waals surface area contributed by atoms with Crippen molar-refractivity contribution in [2.75, 3.05) is 6.66 Å². The highest BCUT2D eigenvalue weighted by Crippen LogP contribution is 2.49. The van der Waals surface area contributed by atoms with Crippen molar-refractivity contribution >= 4 is 42.4 Å². The van der Waals surface area contributed by atoms with Crippen molar-refractivity contribution in [3.05, 3.63) is 35.9 Å². The SMILES string of the molecule is CP(=O)([O-])O[C@@H](c1ccccc1)C(Cl)(Cl)Cl. The quantitative estimate of drug-likeness (QED) is 0.636. The summed E-state index contributed by atoms with van der Waals surface area (Å²) in [6.45, 7) is 0.930. The van der Waals surface area contributed by atoms with Crippen molar-refractivity contribution in [1.29, 1.82) is 0 Å². The Morgan fingerprint density at radius 1 is 1.31 bits per heavy atom. The molecule has 90 valence electrons. The van der Waals surface area contributed by atoms with Crippen LogP contribution in [0.1, 0.15) is 11.7 Å². The summed E-state index contributed by atoms with van der Waals surface area (Å²) >= 11 is 17.1. The summed E-state index contributed by atoms with van der Waals surface area (Å²) in [6.07, 6.45) is -1.15. The van der Waals surface area contributed by atoms with Crippen LogP contribution in [0.15, 0.2) is 30.3 Å². The summed E-state index contributed by atoms with van der Waals surface area (Å²) in [4.78, 5) is 11.1. The van der Waals surface area contributed by atoms with Crippen LogP contribution in [-0.2, 0) is 9.09 Å². The second kappa shape index (κ2) is 5.26. The van der Waals surface area contributed by atoms with E-state index in [2.05, 4.69) is 0 Å². The van der Waals surface area contributed by atoms with Gasteiger partial charge in [-0.15, -0.1) is 0 Å². The molecule has 16 heavy (non-hydrogen) atoms. The lowest BCUT2D eigenvalue weighted by Crippen LogP contribution is -2.21. The molecule has 0 aliphatic carbocycles. The molecule has 1 rings (SSSR count). The van der Waals surface area contributed by atoms with Gasteiger partial charge in [0.25, 0.3) is 0 Å². The molecule has 0 aliphatic heterocycles. The largest absolute Gasteiger partial charge is 0.779 e. The molecule has 1 unspecified atom stereocenters. The van der Waals surface area contributed by atoms with Gasteiger partial charge in [-0.3, -0.25) is 0 Å². The van der Waals surface area contributed by atoms with Gasteiger partial charge in [0.1, 0.15) is 13.7 Å². The van der Waals surface area contributed by atoms with Gasteiger partial charge in [0.05, 0.1) is 0 Å². The maximum absolute atomic E-state index is 11.1. The molecule has 2 atom stereocenters. The molecule has 0 heterocycles. The number of rotatable bonds is 3. The van der Waals surface area contributed by atoms with Crippen LogP contribution < -0.4 is 4.89 Å². The highest BCUT2D eigenvalue weighted by Gasteiger charge is 2.36. The summed E-state index contributed by atoms with van der Waals surface area (Å²) in [6, 6.07) is 8.42. The van der Waals surface area contributed by atoms with Gasteiger partial charge in [0, 0.05) is 6.66 Å². The first-order chi connectivity index (χ1) is 7.20. The van der Waals surface area contributed by atoms with Crippen LogP contribution in [-0.4, -0.2) is 10.5 Å². The second-order valence-corrected chi connectivity index (χ2v) is 7.33. The fourth-order valence-corrected chi connectivity index (χ4v) is 2.49. The molecule has 1 aromatic rings. The van der Waals surface area contributed by atoms with E-state index >= 15 is 0 Å². The Labute approximate surface area is 109 Å². The van der Waals surface area contributed by atoms with Gasteiger partial charge >= 0.3 is 0 Å². The topological polar surface area (TPSA) is 49.4 Å². The molecule has 0 aromatic heterocycles. The summed E-state index contributed by atoms with van der Waals surface area (Å²) < 4.78 is 14.0. The highest BCUT2D eigenvalue weighted by molar-refractivity contribution is 7.50. The first-order valence-corrected chi connectivity index (χ1v) is 7.41. The minimum Gasteiger partial charge on any atom is -0.779 e. The number of halogens is 3. The third-order valence-electron chi connectivity index (χ3n) is 1.70. The van der Waals surface area contributed by atoms with Gasteiger partial charge < -0.3 is 14.0 Å². The van der Waals surface area contributed by atoms with E-state index in [4.69, 9.17) is 39.3 Å². The molecule has 1 aromatic carbocycles. The zero-order valence-electron chi connectivity index (χ0n) is 8.27. The van der Waals surface area contributed by atoms with Crippen LogP contribution in [0.2, 0.25) is 0 Å². The molecule has 0 fully saturated rings. The Bertz CT molecular complexity index is 385. The zero-order valence-corrected chi connectivity index (χ0v) is 11.4. The van der Waals surface area contributed by atoms with Crippen LogP contribution in [0.3, 0.4) is 0 Å². The predicted molar refractivity (Wildman–Crippen MR) is 64.1 cm³/mol. The Hall–Kier alpha value is 0.240. The molecular weight excluding hydrogens is 293 g/mol. The maximum atomic E-state index is 11.1. The summed E-state index contributed by atoms with van der Waals surface area (Å²) in [7, 11) is -3.99. The molecule has 0 aliphatic rings. The molecule has 0 radical (unpaired) electrons. The average molecular weight is 303 g/mol. The van der Waals surface area contributed by atoms with E-state index in [1.807, 2.05) is 0 Å². The van der Waals surface area contributed by atoms with Crippen molar-refractivity contribution in [3.8, 4) is 0 Å². The lowest BCUT2D eigenvalue weighted by molar-refractivity contribution is -0.200. The van der Waals surface area contributed by atoms with Gasteiger partial charge in [-0.25, -0.2) is 0 Å². The summed E-state index contributed by atoms with van der Waals surface area (Å²) in [5.41, 5.74) is 0.487. The Morgan fingerprint density at radius 2 is 1.81 bits per heavy atom. The third-order valence-corrected chi connectivity index (χ3v) is 2.88. The fraction of sp³-hybridized carbons (Fsp3) is 0.333. The van der Waals surface area contributed by atoms with Crippen molar-refractivity contribution < 1.29 is 14.0 Å². The zero-order chi connectivity index (χ0) is 12.4. The number of benzene rings is 1. The minimum atomic E-state index is -3.99. The first kappa shape index (κ1) is 14.3. The summed E-state index contributed by atoms with van der Waals surface area (Å²) in [5.74, 6) is 0. The van der Waals surface area contributed by atoms with Gasteiger partial charge in [0.15, 0.2) is 0 Å². The van der Waals surface area contributed by atoms with E-state index in [1.165, 1.54) is 0 Å². The number of hydrogen-bond donors (Lipinski definition) is 0. The van der Waals surface area contributed by atoms with E-state index in [0.29, 0.717) is 5.56 Å². The van der Waals surface area contributed by atoms with Crippen molar-refractivity contribution in [3.63, 3.8) is 0 Å². The van der Waals surface area contributed by atoms with E-state index in [1.54, 1.807) is 30.3 Å². The molecule has 0 bridgehead atoms. The number of hydrogen-bond acceptors (Lipinski definition) is 3. The lowest BCUT2D eigenvalue weighted by atomic mass is 10.1. The van der Waals surface area contributed by atoms with Gasteiger partial charge in [-0.2, -0.15) is 0 Å². The Morgan fingerprint density at radius 3 is 2.19 bits per heavy atom. The van der Waals surface area contributed by atoms with E-state index < -0.39 is 17.5 Å². The lowest BCUT2D eigenvalue weighted by Gasteiger charge is -2.30. The van der Waals surface area contributed by atoms with Gasteiger partial charge in [-0.1, -0.05) is 65.1 Å². The summed E-state index contributed by atoms with van der Waals surface area (Å²) in [5, 5.41) is 0. The van der Waals surface area contributed by atoms with E-state index in [-0.39, 0.29) is 0 Å². The average Bonchev–Trinajstić information content (AvgIpc) is 2.13. The molecule has 0 saturated heterocycles. The smallest absolute Gasteiger partial charge is 0.220 e. The molecule has 0 N–H and O–H groups in total. The predicted octanol–water partition coefficient (Wildman–Crippen LogP) is 3.30. The Balaban J connectivity index is 3.03. The van der Waals surface area contributed by atoms with E-state index in [0.717, 1.165) is 6.66 Å². The monoisotopic (exact) mass is 301 g/mol. The van der Waals surface area contributed by atoms with E-state index in [9.17, 15) is 9.46 Å². The molecular formula is C9H9Cl3O3P-. The molecule has 0 amide bonds. The first-order valence-electron chi connectivity index (χ1n) is 4.29. The van der Waals surface area contributed by atoms with Crippen LogP contribution >= 0.6 is 42.4 Å². The minimum absolute atomic E-state index is 0.487. The van der Waals surface area contributed by atoms with Crippen LogP contribution in [0, 0.1) is 0 Å². The van der Waals surface area contributed by atoms with Crippen molar-refractivity contribution in [1.82, 2.24) is 0 Å². The normalized spacial score (nSPS) is 17.8. The second-order valence-electron chi connectivity index (χ2n) is 3.21. The molecule has 0 saturated carbocycles. The fourth-order valence-electron chi connectivity index (χ4n) is 1.13. The van der Waals surface area contributed by atoms with Gasteiger partial charge in [-0.05, 0) is 5.56 Å². The van der Waals surface area contributed by atoms with Crippen molar-refractivity contribution in [2.24, 2.45) is 0 Å². The van der Waals surface area contributed by atoms with Gasteiger partial charge in [0.2, 0.25) is 3.79 Å². The standard InChI is InChI=1S/C9H10Cl3O3P/c1-16(13,14)15-8(9(10,11)12)7-5-3-2-4-6-7/h2-6,8H,1H3,(H,13,14)/p-1/t8-/m0/s1. The molecule has 0 spiro atoms. The number of alkyl halides is 3. The van der Waals surface area contributed by atoms with Crippen LogP contribution in [0.5, 0.6) is 0 Å². The van der Waals surface area contributed by atoms with Crippen molar-refractivity contribution in [2.45, 2.75) is 9.90 Å². The Kier molecular flexibility index (Phi) is 4.70. The van der Waals surface area contributed by atoms with Crippen LogP contribution in [0.4, 0.5) is 0 Å².